The van der Waals surface area contributed by atoms with Gasteiger partial charge < -0.3 is 15.1 Å². The summed E-state index contributed by atoms with van der Waals surface area (Å²) in [6, 6.07) is 4.18. The summed E-state index contributed by atoms with van der Waals surface area (Å²) in [4.78, 5) is 11.5. The summed E-state index contributed by atoms with van der Waals surface area (Å²) in [7, 11) is 0. The van der Waals surface area contributed by atoms with Gasteiger partial charge >= 0.3 is 0 Å². The van der Waals surface area contributed by atoms with Crippen LogP contribution in [-0.4, -0.2) is 25.0 Å². The second kappa shape index (κ2) is 6.25. The predicted molar refractivity (Wildman–Crippen MR) is 66.4 cm³/mol. The van der Waals surface area contributed by atoms with Gasteiger partial charge in [-0.25, -0.2) is 0 Å². The molecule has 1 atom stereocenters. The van der Waals surface area contributed by atoms with Crippen LogP contribution >= 0.6 is 0 Å². The van der Waals surface area contributed by atoms with E-state index in [9.17, 15) is 4.79 Å². The molecule has 1 saturated heterocycles. The molecule has 4 nitrogen and oxygen atoms in total. The molecule has 1 aromatic heterocycles. The molecule has 1 aromatic rings. The van der Waals surface area contributed by atoms with Gasteiger partial charge in [0, 0.05) is 18.7 Å². The minimum Gasteiger partial charge on any atom is -0.465 e. The maximum absolute atomic E-state index is 11.5. The Morgan fingerprint density at radius 2 is 2.59 bits per heavy atom. The van der Waals surface area contributed by atoms with E-state index < -0.39 is 0 Å². The number of nitrogens with one attached hydrogen (secondary N) is 2. The van der Waals surface area contributed by atoms with Crippen LogP contribution in [0.15, 0.2) is 28.9 Å². The quantitative estimate of drug-likeness (QED) is 0.760. The third-order valence-electron chi connectivity index (χ3n) is 2.90. The first-order valence-corrected chi connectivity index (χ1v) is 6.07. The standard InChI is InChI=1S/C13H18N2O2/c16-13(6-5-12-4-2-10-17-12)15-9-7-11-3-1-8-14-11/h2,4-6,10-11,14H,1,3,7-9H2,(H,15,16)/b6-5+/t11-/m0/s1. The Morgan fingerprint density at radius 1 is 1.65 bits per heavy atom. The van der Waals surface area contributed by atoms with Gasteiger partial charge in [-0.15, -0.1) is 0 Å². The second-order valence-corrected chi connectivity index (χ2v) is 4.22. The highest BCUT2D eigenvalue weighted by Crippen LogP contribution is 2.07. The fraction of sp³-hybridized carbons (Fsp3) is 0.462. The average Bonchev–Trinajstić information content (AvgIpc) is 2.99. The normalized spacial score (nSPS) is 19.9. The monoisotopic (exact) mass is 234 g/mol. The summed E-state index contributed by atoms with van der Waals surface area (Å²) < 4.78 is 5.09. The molecule has 2 rings (SSSR count). The molecule has 1 aliphatic rings. The molecular weight excluding hydrogens is 216 g/mol. The van der Waals surface area contributed by atoms with E-state index in [1.165, 1.54) is 18.9 Å². The summed E-state index contributed by atoms with van der Waals surface area (Å²) in [6.45, 7) is 1.83. The van der Waals surface area contributed by atoms with Crippen LogP contribution in [0.25, 0.3) is 6.08 Å². The van der Waals surface area contributed by atoms with Gasteiger partial charge in [-0.05, 0) is 44.0 Å². The summed E-state index contributed by atoms with van der Waals surface area (Å²) in [6.07, 6.45) is 8.23. The van der Waals surface area contributed by atoms with Crippen LogP contribution in [0.5, 0.6) is 0 Å². The Bertz CT molecular complexity index is 365. The van der Waals surface area contributed by atoms with E-state index in [1.54, 1.807) is 18.4 Å². The van der Waals surface area contributed by atoms with Crippen LogP contribution in [0.2, 0.25) is 0 Å². The summed E-state index contributed by atoms with van der Waals surface area (Å²) in [5.74, 6) is 0.622. The molecule has 17 heavy (non-hydrogen) atoms. The first-order chi connectivity index (χ1) is 8.34. The van der Waals surface area contributed by atoms with Crippen molar-refractivity contribution in [3.8, 4) is 0 Å². The van der Waals surface area contributed by atoms with Gasteiger partial charge in [-0.2, -0.15) is 0 Å². The Hall–Kier alpha value is -1.55. The highest BCUT2D eigenvalue weighted by Gasteiger charge is 2.12. The van der Waals surface area contributed by atoms with Gasteiger partial charge in [0.15, 0.2) is 0 Å². The van der Waals surface area contributed by atoms with Gasteiger partial charge in [0.25, 0.3) is 0 Å². The Kier molecular flexibility index (Phi) is 4.38. The van der Waals surface area contributed by atoms with Crippen molar-refractivity contribution in [2.75, 3.05) is 13.1 Å². The number of hydrogen-bond acceptors (Lipinski definition) is 3. The number of hydrogen-bond donors (Lipinski definition) is 2. The molecule has 0 unspecified atom stereocenters. The molecule has 1 aliphatic heterocycles. The lowest BCUT2D eigenvalue weighted by atomic mass is 10.1. The number of amides is 1. The summed E-state index contributed by atoms with van der Waals surface area (Å²) in [5.41, 5.74) is 0. The van der Waals surface area contributed by atoms with Crippen molar-refractivity contribution in [2.45, 2.75) is 25.3 Å². The highest BCUT2D eigenvalue weighted by atomic mass is 16.3. The van der Waals surface area contributed by atoms with Crippen LogP contribution in [0.1, 0.15) is 25.0 Å². The van der Waals surface area contributed by atoms with E-state index in [0.29, 0.717) is 11.8 Å². The Labute approximate surface area is 101 Å². The van der Waals surface area contributed by atoms with E-state index in [-0.39, 0.29) is 5.91 Å². The van der Waals surface area contributed by atoms with Crippen molar-refractivity contribution in [2.24, 2.45) is 0 Å². The van der Waals surface area contributed by atoms with Crippen molar-refractivity contribution < 1.29 is 9.21 Å². The molecule has 0 bridgehead atoms. The van der Waals surface area contributed by atoms with Crippen LogP contribution in [0.3, 0.4) is 0 Å². The van der Waals surface area contributed by atoms with Gasteiger partial charge in [0.1, 0.15) is 5.76 Å². The average molecular weight is 234 g/mol. The minimum atomic E-state index is -0.0700. The molecule has 0 aliphatic carbocycles. The van der Waals surface area contributed by atoms with Gasteiger partial charge in [0.05, 0.1) is 6.26 Å². The van der Waals surface area contributed by atoms with Crippen molar-refractivity contribution in [1.29, 1.82) is 0 Å². The predicted octanol–water partition coefficient (Wildman–Crippen LogP) is 1.55. The maximum atomic E-state index is 11.5. The minimum absolute atomic E-state index is 0.0700. The molecule has 4 heteroatoms. The van der Waals surface area contributed by atoms with E-state index >= 15 is 0 Å². The third-order valence-corrected chi connectivity index (χ3v) is 2.90. The lowest BCUT2D eigenvalue weighted by Crippen LogP contribution is -2.29. The molecule has 92 valence electrons. The lowest BCUT2D eigenvalue weighted by Gasteiger charge is -2.09. The Morgan fingerprint density at radius 3 is 3.29 bits per heavy atom. The van der Waals surface area contributed by atoms with Crippen molar-refractivity contribution in [3.05, 3.63) is 30.2 Å². The first-order valence-electron chi connectivity index (χ1n) is 6.07. The molecule has 0 aromatic carbocycles. The van der Waals surface area contributed by atoms with Crippen molar-refractivity contribution >= 4 is 12.0 Å². The van der Waals surface area contributed by atoms with Crippen LogP contribution in [0.4, 0.5) is 0 Å². The number of furan rings is 1. The number of rotatable bonds is 5. The van der Waals surface area contributed by atoms with Gasteiger partial charge in [-0.1, -0.05) is 0 Å². The maximum Gasteiger partial charge on any atom is 0.244 e. The zero-order chi connectivity index (χ0) is 11.9. The molecule has 2 N–H and O–H groups in total. The van der Waals surface area contributed by atoms with Crippen LogP contribution in [0, 0.1) is 0 Å². The van der Waals surface area contributed by atoms with Gasteiger partial charge in [0.2, 0.25) is 5.91 Å². The Balaban J connectivity index is 1.63. The topological polar surface area (TPSA) is 54.3 Å². The SMILES string of the molecule is O=C(/C=C/c1ccco1)NCC[C@@H]1CCCN1. The molecule has 0 saturated carbocycles. The smallest absolute Gasteiger partial charge is 0.244 e. The zero-order valence-corrected chi connectivity index (χ0v) is 9.82. The van der Waals surface area contributed by atoms with Crippen LogP contribution in [-0.2, 0) is 4.79 Å². The summed E-state index contributed by atoms with van der Waals surface area (Å²) in [5, 5.41) is 6.26. The molecule has 0 radical (unpaired) electrons. The summed E-state index contributed by atoms with van der Waals surface area (Å²) >= 11 is 0. The second-order valence-electron chi connectivity index (χ2n) is 4.22. The van der Waals surface area contributed by atoms with E-state index in [1.807, 2.05) is 6.07 Å². The lowest BCUT2D eigenvalue weighted by molar-refractivity contribution is -0.116. The van der Waals surface area contributed by atoms with E-state index in [4.69, 9.17) is 4.42 Å². The fourth-order valence-corrected chi connectivity index (χ4v) is 1.98. The molecule has 1 fully saturated rings. The van der Waals surface area contributed by atoms with Crippen molar-refractivity contribution in [3.63, 3.8) is 0 Å². The van der Waals surface area contributed by atoms with Crippen LogP contribution < -0.4 is 10.6 Å². The molecule has 2 heterocycles. The fourth-order valence-electron chi connectivity index (χ4n) is 1.98. The molecular formula is C13H18N2O2. The highest BCUT2D eigenvalue weighted by molar-refractivity contribution is 5.91. The molecule has 1 amide bonds. The largest absolute Gasteiger partial charge is 0.465 e. The first kappa shape index (κ1) is 11.9. The van der Waals surface area contributed by atoms with Crippen molar-refractivity contribution in [1.82, 2.24) is 10.6 Å². The number of carbonyl (C=O) groups excluding carboxylic acids is 1. The molecule has 0 spiro atoms. The number of carbonyl (C=O) groups is 1. The third kappa shape index (κ3) is 4.07. The van der Waals surface area contributed by atoms with Gasteiger partial charge in [-0.3, -0.25) is 4.79 Å². The van der Waals surface area contributed by atoms with E-state index in [2.05, 4.69) is 10.6 Å². The van der Waals surface area contributed by atoms with E-state index in [0.717, 1.165) is 19.5 Å². The zero-order valence-electron chi connectivity index (χ0n) is 9.82.